The van der Waals surface area contributed by atoms with Crippen molar-refractivity contribution in [1.82, 2.24) is 9.80 Å². The Hall–Kier alpha value is -0.570. The first-order chi connectivity index (χ1) is 8.63. The van der Waals surface area contributed by atoms with Crippen molar-refractivity contribution in [2.75, 3.05) is 32.7 Å². The standard InChI is InChI=1S/C15H23ClN2/c1-13-4-3-5-15(10-13)12-18-8-6-17(7-9-18)11-14(2)16/h3-5,10,14H,6-9,11-12H2,1-2H3. The fourth-order valence-corrected chi connectivity index (χ4v) is 2.75. The van der Waals surface area contributed by atoms with Gasteiger partial charge < -0.3 is 0 Å². The van der Waals surface area contributed by atoms with Crippen LogP contribution in [0.4, 0.5) is 0 Å². The summed E-state index contributed by atoms with van der Waals surface area (Å²) in [6.45, 7) is 10.9. The predicted molar refractivity (Wildman–Crippen MR) is 78.2 cm³/mol. The van der Waals surface area contributed by atoms with Gasteiger partial charge in [0, 0.05) is 44.6 Å². The van der Waals surface area contributed by atoms with Gasteiger partial charge in [-0.05, 0) is 19.4 Å². The Labute approximate surface area is 116 Å². The SMILES string of the molecule is Cc1cccc(CN2CCN(CC(C)Cl)CC2)c1. The molecule has 0 saturated carbocycles. The zero-order valence-electron chi connectivity index (χ0n) is 11.4. The van der Waals surface area contributed by atoms with E-state index in [4.69, 9.17) is 11.6 Å². The number of hydrogen-bond donors (Lipinski definition) is 0. The van der Waals surface area contributed by atoms with Crippen LogP contribution in [0, 0.1) is 6.92 Å². The Morgan fingerprint density at radius 3 is 2.44 bits per heavy atom. The number of hydrogen-bond acceptors (Lipinski definition) is 2. The van der Waals surface area contributed by atoms with Crippen molar-refractivity contribution in [3.05, 3.63) is 35.4 Å². The molecule has 1 aromatic carbocycles. The fourth-order valence-electron chi connectivity index (χ4n) is 2.55. The number of benzene rings is 1. The molecule has 1 saturated heterocycles. The van der Waals surface area contributed by atoms with Gasteiger partial charge in [0.1, 0.15) is 0 Å². The van der Waals surface area contributed by atoms with Gasteiger partial charge in [-0.15, -0.1) is 11.6 Å². The minimum absolute atomic E-state index is 0.258. The van der Waals surface area contributed by atoms with E-state index in [1.807, 2.05) is 0 Å². The van der Waals surface area contributed by atoms with Gasteiger partial charge in [-0.25, -0.2) is 0 Å². The van der Waals surface area contributed by atoms with E-state index in [2.05, 4.69) is 47.9 Å². The molecule has 0 aliphatic carbocycles. The van der Waals surface area contributed by atoms with Crippen LogP contribution in [0.15, 0.2) is 24.3 Å². The van der Waals surface area contributed by atoms with Crippen molar-refractivity contribution in [2.45, 2.75) is 25.8 Å². The van der Waals surface area contributed by atoms with E-state index in [1.54, 1.807) is 0 Å². The zero-order valence-corrected chi connectivity index (χ0v) is 12.2. The molecule has 0 spiro atoms. The van der Waals surface area contributed by atoms with E-state index in [0.717, 1.165) is 39.3 Å². The Morgan fingerprint density at radius 2 is 1.83 bits per heavy atom. The molecule has 0 bridgehead atoms. The van der Waals surface area contributed by atoms with Crippen LogP contribution in [0.3, 0.4) is 0 Å². The molecule has 3 heteroatoms. The van der Waals surface area contributed by atoms with Crippen LogP contribution in [-0.4, -0.2) is 47.9 Å². The Morgan fingerprint density at radius 1 is 1.17 bits per heavy atom. The average molecular weight is 267 g/mol. The molecule has 1 aliphatic rings. The second kappa shape index (κ2) is 6.55. The van der Waals surface area contributed by atoms with Gasteiger partial charge >= 0.3 is 0 Å². The molecular weight excluding hydrogens is 244 g/mol. The quantitative estimate of drug-likeness (QED) is 0.774. The van der Waals surface area contributed by atoms with E-state index >= 15 is 0 Å². The molecule has 100 valence electrons. The van der Waals surface area contributed by atoms with Gasteiger partial charge in [0.2, 0.25) is 0 Å². The molecule has 1 fully saturated rings. The molecule has 0 N–H and O–H groups in total. The number of halogens is 1. The van der Waals surface area contributed by atoms with Crippen LogP contribution in [0.25, 0.3) is 0 Å². The van der Waals surface area contributed by atoms with Crippen LogP contribution in [0.1, 0.15) is 18.1 Å². The van der Waals surface area contributed by atoms with Gasteiger partial charge in [0.15, 0.2) is 0 Å². The normalized spacial score (nSPS) is 19.9. The maximum atomic E-state index is 6.04. The molecule has 1 aliphatic heterocycles. The Bertz CT molecular complexity index is 371. The highest BCUT2D eigenvalue weighted by Crippen LogP contribution is 2.11. The number of rotatable bonds is 4. The molecule has 1 atom stereocenters. The lowest BCUT2D eigenvalue weighted by Crippen LogP contribution is -2.47. The third-order valence-corrected chi connectivity index (χ3v) is 3.60. The van der Waals surface area contributed by atoms with Gasteiger partial charge in [0.05, 0.1) is 0 Å². The van der Waals surface area contributed by atoms with Gasteiger partial charge in [-0.2, -0.15) is 0 Å². The van der Waals surface area contributed by atoms with Crippen molar-refractivity contribution >= 4 is 11.6 Å². The first-order valence-electron chi connectivity index (χ1n) is 6.78. The first kappa shape index (κ1) is 13.9. The van der Waals surface area contributed by atoms with Gasteiger partial charge in [-0.1, -0.05) is 29.8 Å². The van der Waals surface area contributed by atoms with Crippen molar-refractivity contribution in [3.8, 4) is 0 Å². The minimum atomic E-state index is 0.258. The molecular formula is C15H23ClN2. The maximum absolute atomic E-state index is 6.04. The van der Waals surface area contributed by atoms with E-state index in [1.165, 1.54) is 11.1 Å². The smallest absolute Gasteiger partial charge is 0.0435 e. The van der Waals surface area contributed by atoms with Crippen molar-refractivity contribution in [3.63, 3.8) is 0 Å². The lowest BCUT2D eigenvalue weighted by molar-refractivity contribution is 0.128. The van der Waals surface area contributed by atoms with Crippen molar-refractivity contribution < 1.29 is 0 Å². The fraction of sp³-hybridized carbons (Fsp3) is 0.600. The van der Waals surface area contributed by atoms with E-state index < -0.39 is 0 Å². The van der Waals surface area contributed by atoms with Gasteiger partial charge in [0.25, 0.3) is 0 Å². The summed E-state index contributed by atoms with van der Waals surface area (Å²) in [7, 11) is 0. The summed E-state index contributed by atoms with van der Waals surface area (Å²) in [5, 5.41) is 0.258. The number of nitrogens with zero attached hydrogens (tertiary/aromatic N) is 2. The second-order valence-electron chi connectivity index (χ2n) is 5.35. The van der Waals surface area contributed by atoms with Crippen molar-refractivity contribution in [1.29, 1.82) is 0 Å². The van der Waals surface area contributed by atoms with Crippen LogP contribution in [0.2, 0.25) is 0 Å². The zero-order chi connectivity index (χ0) is 13.0. The Kier molecular flexibility index (Phi) is 5.04. The molecule has 1 heterocycles. The highest BCUT2D eigenvalue weighted by atomic mass is 35.5. The van der Waals surface area contributed by atoms with E-state index in [9.17, 15) is 0 Å². The molecule has 2 rings (SSSR count). The summed E-state index contributed by atoms with van der Waals surface area (Å²) >= 11 is 6.04. The minimum Gasteiger partial charge on any atom is -0.299 e. The first-order valence-corrected chi connectivity index (χ1v) is 7.21. The summed E-state index contributed by atoms with van der Waals surface area (Å²) < 4.78 is 0. The molecule has 18 heavy (non-hydrogen) atoms. The molecule has 0 amide bonds. The monoisotopic (exact) mass is 266 g/mol. The molecule has 0 aromatic heterocycles. The number of aryl methyl sites for hydroxylation is 1. The van der Waals surface area contributed by atoms with E-state index in [-0.39, 0.29) is 5.38 Å². The lowest BCUT2D eigenvalue weighted by Gasteiger charge is -2.35. The van der Waals surface area contributed by atoms with Crippen LogP contribution in [-0.2, 0) is 6.54 Å². The Balaban J connectivity index is 1.80. The third kappa shape index (κ3) is 4.27. The molecule has 0 radical (unpaired) electrons. The summed E-state index contributed by atoms with van der Waals surface area (Å²) in [5.41, 5.74) is 2.77. The average Bonchev–Trinajstić information content (AvgIpc) is 2.31. The summed E-state index contributed by atoms with van der Waals surface area (Å²) in [6, 6.07) is 8.81. The van der Waals surface area contributed by atoms with E-state index in [0.29, 0.717) is 0 Å². The number of alkyl halides is 1. The third-order valence-electron chi connectivity index (χ3n) is 3.46. The van der Waals surface area contributed by atoms with Crippen LogP contribution < -0.4 is 0 Å². The molecule has 1 aromatic rings. The summed E-state index contributed by atoms with van der Waals surface area (Å²) in [4.78, 5) is 4.99. The van der Waals surface area contributed by atoms with Gasteiger partial charge in [-0.3, -0.25) is 9.80 Å². The molecule has 1 unspecified atom stereocenters. The second-order valence-corrected chi connectivity index (χ2v) is 6.09. The van der Waals surface area contributed by atoms with Crippen LogP contribution >= 0.6 is 11.6 Å². The lowest BCUT2D eigenvalue weighted by atomic mass is 10.1. The summed E-state index contributed by atoms with van der Waals surface area (Å²) in [5.74, 6) is 0. The summed E-state index contributed by atoms with van der Waals surface area (Å²) in [6.07, 6.45) is 0. The van der Waals surface area contributed by atoms with Crippen LogP contribution in [0.5, 0.6) is 0 Å². The maximum Gasteiger partial charge on any atom is 0.0435 e. The largest absolute Gasteiger partial charge is 0.299 e. The van der Waals surface area contributed by atoms with Crippen molar-refractivity contribution in [2.24, 2.45) is 0 Å². The highest BCUT2D eigenvalue weighted by molar-refractivity contribution is 6.20. The topological polar surface area (TPSA) is 6.48 Å². The molecule has 2 nitrogen and oxygen atoms in total. The highest BCUT2D eigenvalue weighted by Gasteiger charge is 2.17. The predicted octanol–water partition coefficient (Wildman–Crippen LogP) is 2.74. The number of piperazine rings is 1.